The van der Waals surface area contributed by atoms with Gasteiger partial charge in [0.15, 0.2) is 6.10 Å². The molecule has 0 spiro atoms. The Morgan fingerprint density at radius 3 is 2.36 bits per heavy atom. The Bertz CT molecular complexity index is 804. The molecule has 0 unspecified atom stereocenters. The van der Waals surface area contributed by atoms with Gasteiger partial charge in [-0.05, 0) is 48.7 Å². The molecule has 1 amide bonds. The average molecular weight is 336 g/mol. The number of nitriles is 1. The minimum absolute atomic E-state index is 0.374. The van der Waals surface area contributed by atoms with E-state index in [2.05, 4.69) is 19.2 Å². The summed E-state index contributed by atoms with van der Waals surface area (Å²) in [7, 11) is 0. The summed E-state index contributed by atoms with van der Waals surface area (Å²) in [6.45, 7) is 5.64. The van der Waals surface area contributed by atoms with E-state index in [0.717, 1.165) is 5.56 Å². The number of amides is 1. The van der Waals surface area contributed by atoms with E-state index in [0.29, 0.717) is 22.7 Å². The van der Waals surface area contributed by atoms with Crippen molar-refractivity contribution in [1.82, 2.24) is 0 Å². The molecule has 2 aromatic carbocycles. The second-order valence-electron chi connectivity index (χ2n) is 6.01. The van der Waals surface area contributed by atoms with Gasteiger partial charge in [0.1, 0.15) is 0 Å². The van der Waals surface area contributed by atoms with Crippen LogP contribution in [0.25, 0.3) is 0 Å². The van der Waals surface area contributed by atoms with Crippen LogP contribution in [-0.2, 0) is 9.53 Å². The van der Waals surface area contributed by atoms with Gasteiger partial charge in [0.05, 0.1) is 17.2 Å². The number of benzene rings is 2. The molecule has 5 nitrogen and oxygen atoms in total. The first-order valence-electron chi connectivity index (χ1n) is 8.02. The molecule has 0 fully saturated rings. The number of hydrogen-bond acceptors (Lipinski definition) is 4. The van der Waals surface area contributed by atoms with Gasteiger partial charge in [0.25, 0.3) is 5.91 Å². The highest BCUT2D eigenvalue weighted by Gasteiger charge is 2.19. The molecule has 0 aromatic heterocycles. The zero-order valence-electron chi connectivity index (χ0n) is 14.4. The number of hydrogen-bond donors (Lipinski definition) is 1. The van der Waals surface area contributed by atoms with Crippen LogP contribution in [0.2, 0.25) is 0 Å². The molecular formula is C20H20N2O3. The van der Waals surface area contributed by atoms with Crippen molar-refractivity contribution in [3.8, 4) is 6.07 Å². The third-order valence-corrected chi connectivity index (χ3v) is 3.73. The van der Waals surface area contributed by atoms with Crippen molar-refractivity contribution in [1.29, 1.82) is 5.26 Å². The largest absolute Gasteiger partial charge is 0.449 e. The van der Waals surface area contributed by atoms with E-state index in [9.17, 15) is 9.59 Å². The van der Waals surface area contributed by atoms with E-state index in [1.807, 2.05) is 18.2 Å². The Hall–Kier alpha value is -3.13. The lowest BCUT2D eigenvalue weighted by Gasteiger charge is -2.14. The SMILES string of the molecule is CC(C)c1ccc(C(=O)O[C@H](C)C(=O)Nc2cccc(C#N)c2)cc1. The van der Waals surface area contributed by atoms with E-state index >= 15 is 0 Å². The van der Waals surface area contributed by atoms with Crippen LogP contribution in [0.4, 0.5) is 5.69 Å². The van der Waals surface area contributed by atoms with Crippen molar-refractivity contribution in [2.24, 2.45) is 0 Å². The van der Waals surface area contributed by atoms with Crippen molar-refractivity contribution < 1.29 is 14.3 Å². The smallest absolute Gasteiger partial charge is 0.338 e. The highest BCUT2D eigenvalue weighted by atomic mass is 16.5. The zero-order chi connectivity index (χ0) is 18.4. The molecule has 0 heterocycles. The first kappa shape index (κ1) is 18.2. The number of ether oxygens (including phenoxy) is 1. The highest BCUT2D eigenvalue weighted by molar-refractivity contribution is 5.97. The third kappa shape index (κ3) is 4.92. The van der Waals surface area contributed by atoms with Crippen LogP contribution in [0.1, 0.15) is 48.2 Å². The summed E-state index contributed by atoms with van der Waals surface area (Å²) in [6.07, 6.45) is -0.956. The van der Waals surface area contributed by atoms with E-state index < -0.39 is 18.0 Å². The predicted molar refractivity (Wildman–Crippen MR) is 95.2 cm³/mol. The quantitative estimate of drug-likeness (QED) is 0.841. The third-order valence-electron chi connectivity index (χ3n) is 3.73. The maximum atomic E-state index is 12.2. The lowest BCUT2D eigenvalue weighted by molar-refractivity contribution is -0.123. The van der Waals surface area contributed by atoms with Gasteiger partial charge >= 0.3 is 5.97 Å². The maximum Gasteiger partial charge on any atom is 0.338 e. The predicted octanol–water partition coefficient (Wildman–Crippen LogP) is 3.87. The monoisotopic (exact) mass is 336 g/mol. The van der Waals surface area contributed by atoms with Gasteiger partial charge in [-0.1, -0.05) is 32.0 Å². The van der Waals surface area contributed by atoms with Gasteiger partial charge in [-0.15, -0.1) is 0 Å². The highest BCUT2D eigenvalue weighted by Crippen LogP contribution is 2.16. The summed E-state index contributed by atoms with van der Waals surface area (Å²) in [6, 6.07) is 15.7. The Morgan fingerprint density at radius 2 is 1.76 bits per heavy atom. The van der Waals surface area contributed by atoms with Gasteiger partial charge in [-0.3, -0.25) is 4.79 Å². The number of nitrogens with zero attached hydrogens (tertiary/aromatic N) is 1. The molecular weight excluding hydrogens is 316 g/mol. The lowest BCUT2D eigenvalue weighted by atomic mass is 10.0. The molecule has 5 heteroatoms. The Balaban J connectivity index is 1.98. The molecule has 1 atom stereocenters. The first-order chi connectivity index (χ1) is 11.9. The zero-order valence-corrected chi connectivity index (χ0v) is 14.4. The number of carbonyl (C=O) groups excluding carboxylic acids is 2. The van der Waals surface area contributed by atoms with E-state index in [-0.39, 0.29) is 0 Å². The number of anilines is 1. The first-order valence-corrected chi connectivity index (χ1v) is 8.02. The molecule has 25 heavy (non-hydrogen) atoms. The number of rotatable bonds is 5. The molecule has 0 saturated heterocycles. The fourth-order valence-electron chi connectivity index (χ4n) is 2.20. The van der Waals surface area contributed by atoms with Crippen LogP contribution in [-0.4, -0.2) is 18.0 Å². The van der Waals surface area contributed by atoms with Crippen LogP contribution >= 0.6 is 0 Å². The minimum Gasteiger partial charge on any atom is -0.449 e. The Morgan fingerprint density at radius 1 is 1.08 bits per heavy atom. The van der Waals surface area contributed by atoms with Crippen molar-refractivity contribution in [3.05, 3.63) is 65.2 Å². The lowest BCUT2D eigenvalue weighted by Crippen LogP contribution is -2.30. The van der Waals surface area contributed by atoms with Crippen molar-refractivity contribution in [2.45, 2.75) is 32.8 Å². The Labute approximate surface area is 147 Å². The fourth-order valence-corrected chi connectivity index (χ4v) is 2.20. The molecule has 0 bridgehead atoms. The standard InChI is InChI=1S/C20H20N2O3/c1-13(2)16-7-9-17(10-8-16)20(24)25-14(3)19(23)22-18-6-4-5-15(11-18)12-21/h4-11,13-14H,1-3H3,(H,22,23)/t14-/m1/s1. The van der Waals surface area contributed by atoms with E-state index in [1.54, 1.807) is 36.4 Å². The van der Waals surface area contributed by atoms with Gasteiger partial charge in [0.2, 0.25) is 0 Å². The van der Waals surface area contributed by atoms with Gasteiger partial charge in [-0.2, -0.15) is 5.26 Å². The van der Waals surface area contributed by atoms with Crippen molar-refractivity contribution >= 4 is 17.6 Å². The Kier molecular flexibility index (Phi) is 5.91. The van der Waals surface area contributed by atoms with Crippen LogP contribution in [0.3, 0.4) is 0 Å². The summed E-state index contributed by atoms with van der Waals surface area (Å²) in [5, 5.41) is 11.5. The molecule has 0 aliphatic rings. The van der Waals surface area contributed by atoms with Gasteiger partial charge in [0, 0.05) is 5.69 Å². The minimum atomic E-state index is -0.956. The van der Waals surface area contributed by atoms with Crippen molar-refractivity contribution in [2.75, 3.05) is 5.32 Å². The summed E-state index contributed by atoms with van der Waals surface area (Å²) >= 11 is 0. The second-order valence-corrected chi connectivity index (χ2v) is 6.01. The summed E-state index contributed by atoms with van der Waals surface area (Å²) in [4.78, 5) is 24.3. The van der Waals surface area contributed by atoms with Crippen LogP contribution in [0, 0.1) is 11.3 Å². The van der Waals surface area contributed by atoms with Gasteiger partial charge in [-0.25, -0.2) is 4.79 Å². The molecule has 0 aliphatic heterocycles. The summed E-state index contributed by atoms with van der Waals surface area (Å²) < 4.78 is 5.21. The molecule has 0 radical (unpaired) electrons. The summed E-state index contributed by atoms with van der Waals surface area (Å²) in [5.74, 6) is -0.634. The molecule has 2 rings (SSSR count). The topological polar surface area (TPSA) is 79.2 Å². The van der Waals surface area contributed by atoms with Crippen LogP contribution in [0.5, 0.6) is 0 Å². The molecule has 0 aliphatic carbocycles. The summed E-state index contributed by atoms with van der Waals surface area (Å²) in [5.41, 5.74) is 2.44. The maximum absolute atomic E-state index is 12.2. The average Bonchev–Trinajstić information content (AvgIpc) is 2.61. The molecule has 2 aromatic rings. The molecule has 1 N–H and O–H groups in total. The van der Waals surface area contributed by atoms with E-state index in [1.165, 1.54) is 6.92 Å². The van der Waals surface area contributed by atoms with E-state index in [4.69, 9.17) is 10.00 Å². The van der Waals surface area contributed by atoms with Crippen LogP contribution < -0.4 is 5.32 Å². The van der Waals surface area contributed by atoms with Crippen molar-refractivity contribution in [3.63, 3.8) is 0 Å². The molecule has 0 saturated carbocycles. The van der Waals surface area contributed by atoms with Gasteiger partial charge < -0.3 is 10.1 Å². The normalized spacial score (nSPS) is 11.5. The number of esters is 1. The number of carbonyl (C=O) groups is 2. The fraction of sp³-hybridized carbons (Fsp3) is 0.250. The second kappa shape index (κ2) is 8.11. The molecule has 128 valence electrons. The van der Waals surface area contributed by atoms with Crippen LogP contribution in [0.15, 0.2) is 48.5 Å². The number of nitrogens with one attached hydrogen (secondary N) is 1.